The molecule has 0 atom stereocenters. The van der Waals surface area contributed by atoms with E-state index in [4.69, 9.17) is 11.1 Å². The van der Waals surface area contributed by atoms with E-state index in [0.29, 0.717) is 0 Å². The van der Waals surface area contributed by atoms with Crippen molar-refractivity contribution in [1.29, 1.82) is 5.41 Å². The molecule has 0 amide bonds. The molecular formula is C11H13ClN4S. The zero-order valence-corrected chi connectivity index (χ0v) is 10.7. The van der Waals surface area contributed by atoms with Crippen molar-refractivity contribution < 1.29 is 0 Å². The summed E-state index contributed by atoms with van der Waals surface area (Å²) >= 11 is 1.33. The monoisotopic (exact) mass is 268 g/mol. The zero-order chi connectivity index (χ0) is 11.4. The fourth-order valence-electron chi connectivity index (χ4n) is 1.33. The lowest BCUT2D eigenvalue weighted by atomic mass is 10.2. The lowest BCUT2D eigenvalue weighted by Crippen LogP contribution is -2.03. The van der Waals surface area contributed by atoms with Crippen molar-refractivity contribution in [2.45, 2.75) is 5.75 Å². The van der Waals surface area contributed by atoms with Gasteiger partial charge in [0, 0.05) is 18.1 Å². The predicted molar refractivity (Wildman–Crippen MR) is 74.0 cm³/mol. The van der Waals surface area contributed by atoms with Crippen LogP contribution in [-0.2, 0) is 5.75 Å². The Balaban J connectivity index is 0.00000144. The van der Waals surface area contributed by atoms with Gasteiger partial charge >= 0.3 is 0 Å². The summed E-state index contributed by atoms with van der Waals surface area (Å²) in [5.74, 6) is 0.731. The van der Waals surface area contributed by atoms with Gasteiger partial charge in [-0.25, -0.2) is 4.68 Å². The maximum Gasteiger partial charge on any atom is 0.151 e. The maximum atomic E-state index is 7.13. The first-order chi connectivity index (χ1) is 7.75. The quantitative estimate of drug-likeness (QED) is 0.664. The molecule has 1 aromatic heterocycles. The Morgan fingerprint density at radius 3 is 2.59 bits per heavy atom. The summed E-state index contributed by atoms with van der Waals surface area (Å²) in [5, 5.41) is 11.4. The third kappa shape index (κ3) is 3.80. The Kier molecular flexibility index (Phi) is 5.06. The summed E-state index contributed by atoms with van der Waals surface area (Å²) in [6.07, 6.45) is 3.65. The summed E-state index contributed by atoms with van der Waals surface area (Å²) in [4.78, 5) is 0. The van der Waals surface area contributed by atoms with Crippen LogP contribution in [0.1, 0.15) is 5.56 Å². The molecule has 0 aliphatic heterocycles. The fourth-order valence-corrected chi connectivity index (χ4v) is 1.84. The summed E-state index contributed by atoms with van der Waals surface area (Å²) in [6, 6.07) is 9.94. The number of nitrogens with two attached hydrogens (primary N) is 1. The van der Waals surface area contributed by atoms with Crippen LogP contribution in [0.2, 0.25) is 0 Å². The van der Waals surface area contributed by atoms with E-state index >= 15 is 0 Å². The Bertz CT molecular complexity index is 467. The molecule has 0 aliphatic rings. The number of halogens is 1. The van der Waals surface area contributed by atoms with Gasteiger partial charge < -0.3 is 5.73 Å². The molecule has 17 heavy (non-hydrogen) atoms. The van der Waals surface area contributed by atoms with Crippen LogP contribution in [-0.4, -0.2) is 14.9 Å². The highest BCUT2D eigenvalue weighted by molar-refractivity contribution is 8.13. The number of aromatic nitrogens is 2. The van der Waals surface area contributed by atoms with Gasteiger partial charge in [-0.2, -0.15) is 5.10 Å². The van der Waals surface area contributed by atoms with Gasteiger partial charge in [0.2, 0.25) is 0 Å². The first kappa shape index (κ1) is 13.6. The van der Waals surface area contributed by atoms with Crippen LogP contribution >= 0.6 is 24.2 Å². The number of nitrogens with one attached hydrogen (secondary N) is 1. The molecule has 0 saturated carbocycles. The Hall–Kier alpha value is -1.46. The second-order valence-electron chi connectivity index (χ2n) is 3.27. The lowest BCUT2D eigenvalue weighted by Gasteiger charge is -2.03. The SMILES string of the molecule is Cl.N=C(N)SCc1ccc(-n2cccn2)cc1. The normalized spacial score (nSPS) is 9.65. The third-order valence-electron chi connectivity index (χ3n) is 2.10. The van der Waals surface area contributed by atoms with Crippen molar-refractivity contribution in [1.82, 2.24) is 9.78 Å². The van der Waals surface area contributed by atoms with Gasteiger partial charge in [0.1, 0.15) is 0 Å². The van der Waals surface area contributed by atoms with Crippen molar-refractivity contribution in [2.75, 3.05) is 0 Å². The van der Waals surface area contributed by atoms with Gasteiger partial charge in [-0.15, -0.1) is 12.4 Å². The number of rotatable bonds is 3. The molecule has 3 N–H and O–H groups in total. The minimum absolute atomic E-state index is 0. The average Bonchev–Trinajstić information content (AvgIpc) is 2.80. The molecule has 0 saturated heterocycles. The standard InChI is InChI=1S/C11H12N4S.ClH/c12-11(13)16-8-9-2-4-10(5-3-9)15-7-1-6-14-15;/h1-7H,8H2,(H3,12,13);1H. The second kappa shape index (κ2) is 6.32. The van der Waals surface area contributed by atoms with Crippen LogP contribution in [0.3, 0.4) is 0 Å². The topological polar surface area (TPSA) is 67.7 Å². The highest BCUT2D eigenvalue weighted by Crippen LogP contribution is 2.14. The molecular weight excluding hydrogens is 256 g/mol. The molecule has 0 fully saturated rings. The largest absolute Gasteiger partial charge is 0.379 e. The molecule has 1 heterocycles. The van der Waals surface area contributed by atoms with E-state index in [1.54, 1.807) is 6.20 Å². The molecule has 0 spiro atoms. The predicted octanol–water partition coefficient (Wildman–Crippen LogP) is 2.42. The minimum Gasteiger partial charge on any atom is -0.379 e. The van der Waals surface area contributed by atoms with Crippen LogP contribution < -0.4 is 5.73 Å². The third-order valence-corrected chi connectivity index (χ3v) is 2.89. The highest BCUT2D eigenvalue weighted by Gasteiger charge is 1.98. The summed E-state index contributed by atoms with van der Waals surface area (Å²) in [5.41, 5.74) is 7.46. The number of thioether (sulfide) groups is 1. The number of amidine groups is 1. The van der Waals surface area contributed by atoms with E-state index in [1.807, 2.05) is 41.2 Å². The molecule has 90 valence electrons. The van der Waals surface area contributed by atoms with Gasteiger partial charge in [0.15, 0.2) is 5.17 Å². The average molecular weight is 269 g/mol. The molecule has 2 rings (SSSR count). The first-order valence-electron chi connectivity index (χ1n) is 4.81. The number of nitrogens with zero attached hydrogens (tertiary/aromatic N) is 2. The van der Waals surface area contributed by atoms with E-state index in [1.165, 1.54) is 11.8 Å². The Labute approximate surface area is 110 Å². The fraction of sp³-hybridized carbons (Fsp3) is 0.0909. The Morgan fingerprint density at radius 1 is 1.35 bits per heavy atom. The number of hydrogen-bond acceptors (Lipinski definition) is 3. The Morgan fingerprint density at radius 2 is 2.06 bits per heavy atom. The van der Waals surface area contributed by atoms with Gasteiger partial charge in [0.25, 0.3) is 0 Å². The molecule has 0 aliphatic carbocycles. The smallest absolute Gasteiger partial charge is 0.151 e. The zero-order valence-electron chi connectivity index (χ0n) is 9.04. The summed E-state index contributed by atoms with van der Waals surface area (Å²) < 4.78 is 1.81. The molecule has 1 aromatic carbocycles. The lowest BCUT2D eigenvalue weighted by molar-refractivity contribution is 0.880. The van der Waals surface area contributed by atoms with Gasteiger partial charge in [-0.05, 0) is 23.8 Å². The number of benzene rings is 1. The summed E-state index contributed by atoms with van der Waals surface area (Å²) in [7, 11) is 0. The van der Waals surface area contributed by atoms with E-state index in [9.17, 15) is 0 Å². The minimum atomic E-state index is 0. The van der Waals surface area contributed by atoms with E-state index in [-0.39, 0.29) is 17.6 Å². The molecule has 0 radical (unpaired) electrons. The molecule has 0 bridgehead atoms. The van der Waals surface area contributed by atoms with Crippen LogP contribution in [0.5, 0.6) is 0 Å². The van der Waals surface area contributed by atoms with Crippen LogP contribution in [0.25, 0.3) is 5.69 Å². The number of hydrogen-bond donors (Lipinski definition) is 2. The van der Waals surface area contributed by atoms with Crippen molar-refractivity contribution >= 4 is 29.3 Å². The van der Waals surface area contributed by atoms with E-state index in [2.05, 4.69) is 5.10 Å². The molecule has 0 unspecified atom stereocenters. The molecule has 6 heteroatoms. The van der Waals surface area contributed by atoms with Crippen LogP contribution in [0.4, 0.5) is 0 Å². The molecule has 4 nitrogen and oxygen atoms in total. The maximum absolute atomic E-state index is 7.13. The van der Waals surface area contributed by atoms with Gasteiger partial charge in [-0.3, -0.25) is 5.41 Å². The summed E-state index contributed by atoms with van der Waals surface area (Å²) in [6.45, 7) is 0. The molecule has 2 aromatic rings. The first-order valence-corrected chi connectivity index (χ1v) is 5.80. The van der Waals surface area contributed by atoms with Crippen LogP contribution in [0, 0.1) is 5.41 Å². The van der Waals surface area contributed by atoms with Crippen LogP contribution in [0.15, 0.2) is 42.7 Å². The van der Waals surface area contributed by atoms with Gasteiger partial charge in [-0.1, -0.05) is 23.9 Å². The van der Waals surface area contributed by atoms with Crippen molar-refractivity contribution in [3.63, 3.8) is 0 Å². The van der Waals surface area contributed by atoms with E-state index in [0.717, 1.165) is 17.0 Å². The second-order valence-corrected chi connectivity index (χ2v) is 4.29. The van der Waals surface area contributed by atoms with Crippen molar-refractivity contribution in [3.05, 3.63) is 48.3 Å². The van der Waals surface area contributed by atoms with Gasteiger partial charge in [0.05, 0.1) is 5.69 Å². The van der Waals surface area contributed by atoms with Crippen molar-refractivity contribution in [2.24, 2.45) is 5.73 Å². The highest BCUT2D eigenvalue weighted by atomic mass is 35.5. The van der Waals surface area contributed by atoms with Crippen molar-refractivity contribution in [3.8, 4) is 5.69 Å². The van der Waals surface area contributed by atoms with E-state index < -0.39 is 0 Å².